The molecule has 106 valence electrons. The molecule has 0 aromatic carbocycles. The summed E-state index contributed by atoms with van der Waals surface area (Å²) in [5, 5.41) is 20.7. The van der Waals surface area contributed by atoms with Crippen LogP contribution < -0.4 is 0 Å². The summed E-state index contributed by atoms with van der Waals surface area (Å²) in [5.74, 6) is 0.403. The van der Waals surface area contributed by atoms with E-state index in [1.807, 2.05) is 13.8 Å². The molecule has 0 aliphatic heterocycles. The van der Waals surface area contributed by atoms with Crippen molar-refractivity contribution in [3.05, 3.63) is 23.1 Å². The van der Waals surface area contributed by atoms with Gasteiger partial charge >= 0.3 is 5.97 Å². The Kier molecular flexibility index (Phi) is 3.00. The van der Waals surface area contributed by atoms with E-state index in [9.17, 15) is 4.79 Å². The van der Waals surface area contributed by atoms with Gasteiger partial charge in [0.25, 0.3) is 0 Å². The van der Waals surface area contributed by atoms with Crippen molar-refractivity contribution in [2.75, 3.05) is 0 Å². The SMILES string of the molecule is CC(C)c1noc(Cn2nnc(C(=O)O)c2C2CC2)n1. The third kappa shape index (κ3) is 2.28. The summed E-state index contributed by atoms with van der Waals surface area (Å²) in [5.41, 5.74) is 0.679. The van der Waals surface area contributed by atoms with Gasteiger partial charge in [0.05, 0.1) is 5.69 Å². The minimum atomic E-state index is -1.05. The highest BCUT2D eigenvalue weighted by atomic mass is 16.5. The maximum Gasteiger partial charge on any atom is 0.358 e. The number of aromatic carboxylic acids is 1. The zero-order valence-electron chi connectivity index (χ0n) is 11.3. The van der Waals surface area contributed by atoms with Gasteiger partial charge in [0.2, 0.25) is 5.89 Å². The van der Waals surface area contributed by atoms with Crippen LogP contribution in [0.5, 0.6) is 0 Å². The van der Waals surface area contributed by atoms with Gasteiger partial charge in [-0.2, -0.15) is 4.98 Å². The Labute approximate surface area is 114 Å². The fourth-order valence-corrected chi connectivity index (χ4v) is 2.05. The van der Waals surface area contributed by atoms with E-state index in [1.165, 1.54) is 0 Å². The molecule has 0 bridgehead atoms. The maximum absolute atomic E-state index is 11.1. The number of hydrogen-bond acceptors (Lipinski definition) is 6. The lowest BCUT2D eigenvalue weighted by Gasteiger charge is -2.02. The molecule has 2 heterocycles. The topological polar surface area (TPSA) is 107 Å². The molecule has 2 aromatic heterocycles. The van der Waals surface area contributed by atoms with Gasteiger partial charge in [0.1, 0.15) is 6.54 Å². The van der Waals surface area contributed by atoms with E-state index in [0.717, 1.165) is 12.8 Å². The van der Waals surface area contributed by atoms with Gasteiger partial charge in [-0.25, -0.2) is 9.48 Å². The molecule has 1 fully saturated rings. The highest BCUT2D eigenvalue weighted by Crippen LogP contribution is 2.41. The van der Waals surface area contributed by atoms with E-state index in [4.69, 9.17) is 9.63 Å². The van der Waals surface area contributed by atoms with Gasteiger partial charge in [-0.1, -0.05) is 24.2 Å². The molecule has 20 heavy (non-hydrogen) atoms. The predicted molar refractivity (Wildman–Crippen MR) is 66.4 cm³/mol. The van der Waals surface area contributed by atoms with Crippen LogP contribution in [-0.4, -0.2) is 36.2 Å². The van der Waals surface area contributed by atoms with Crippen LogP contribution in [0.25, 0.3) is 0 Å². The van der Waals surface area contributed by atoms with E-state index in [1.54, 1.807) is 4.68 Å². The first-order chi connectivity index (χ1) is 9.56. The molecule has 0 atom stereocenters. The Balaban J connectivity index is 1.88. The van der Waals surface area contributed by atoms with Gasteiger partial charge in [0.15, 0.2) is 11.5 Å². The van der Waals surface area contributed by atoms with Crippen LogP contribution in [-0.2, 0) is 6.54 Å². The lowest BCUT2D eigenvalue weighted by Crippen LogP contribution is -2.09. The molecule has 1 aliphatic rings. The summed E-state index contributed by atoms with van der Waals surface area (Å²) in [6, 6.07) is 0. The predicted octanol–water partition coefficient (Wildman–Crippen LogP) is 1.41. The van der Waals surface area contributed by atoms with Crippen LogP contribution in [0.3, 0.4) is 0 Å². The second-order valence-electron chi connectivity index (χ2n) is 5.26. The van der Waals surface area contributed by atoms with E-state index in [2.05, 4.69) is 20.5 Å². The van der Waals surface area contributed by atoms with Crippen molar-refractivity contribution in [2.24, 2.45) is 0 Å². The number of aromatic nitrogens is 5. The molecular weight excluding hydrogens is 262 g/mol. The highest BCUT2D eigenvalue weighted by Gasteiger charge is 2.34. The van der Waals surface area contributed by atoms with E-state index < -0.39 is 5.97 Å². The van der Waals surface area contributed by atoms with Gasteiger partial charge in [-0.15, -0.1) is 5.10 Å². The van der Waals surface area contributed by atoms with Gasteiger partial charge in [-0.05, 0) is 12.8 Å². The quantitative estimate of drug-likeness (QED) is 0.880. The zero-order chi connectivity index (χ0) is 14.3. The molecule has 2 aromatic rings. The molecule has 0 unspecified atom stereocenters. The summed E-state index contributed by atoms with van der Waals surface area (Å²) in [6.07, 6.45) is 1.93. The lowest BCUT2D eigenvalue weighted by molar-refractivity contribution is 0.0689. The molecule has 0 saturated heterocycles. The third-order valence-corrected chi connectivity index (χ3v) is 3.23. The van der Waals surface area contributed by atoms with E-state index >= 15 is 0 Å². The Hall–Kier alpha value is -2.25. The summed E-state index contributed by atoms with van der Waals surface area (Å²) < 4.78 is 6.71. The van der Waals surface area contributed by atoms with Gasteiger partial charge < -0.3 is 9.63 Å². The van der Waals surface area contributed by atoms with Crippen molar-refractivity contribution < 1.29 is 14.4 Å². The summed E-state index contributed by atoms with van der Waals surface area (Å²) in [7, 11) is 0. The van der Waals surface area contributed by atoms with Crippen molar-refractivity contribution in [1.82, 2.24) is 25.1 Å². The Morgan fingerprint density at radius 1 is 1.50 bits per heavy atom. The second kappa shape index (κ2) is 4.69. The molecule has 8 heteroatoms. The Morgan fingerprint density at radius 2 is 2.25 bits per heavy atom. The summed E-state index contributed by atoms with van der Waals surface area (Å²) in [6.45, 7) is 4.20. The van der Waals surface area contributed by atoms with Crippen LogP contribution in [0.2, 0.25) is 0 Å². The molecular formula is C12H15N5O3. The third-order valence-electron chi connectivity index (χ3n) is 3.23. The van der Waals surface area contributed by atoms with Crippen molar-refractivity contribution in [2.45, 2.75) is 45.1 Å². The number of carbonyl (C=O) groups is 1. The van der Waals surface area contributed by atoms with Crippen molar-refractivity contribution in [3.63, 3.8) is 0 Å². The lowest BCUT2D eigenvalue weighted by atomic mass is 10.2. The van der Waals surface area contributed by atoms with E-state index in [-0.39, 0.29) is 24.1 Å². The highest BCUT2D eigenvalue weighted by molar-refractivity contribution is 5.86. The number of rotatable bonds is 5. The zero-order valence-corrected chi connectivity index (χ0v) is 11.3. The molecule has 1 N–H and O–H groups in total. The van der Waals surface area contributed by atoms with Crippen LogP contribution in [0.4, 0.5) is 0 Å². The van der Waals surface area contributed by atoms with Gasteiger partial charge in [-0.3, -0.25) is 0 Å². The number of carboxylic acids is 1. The van der Waals surface area contributed by atoms with Crippen molar-refractivity contribution >= 4 is 5.97 Å². The second-order valence-corrected chi connectivity index (χ2v) is 5.26. The van der Waals surface area contributed by atoms with Crippen LogP contribution in [0.1, 0.15) is 66.4 Å². The summed E-state index contributed by atoms with van der Waals surface area (Å²) in [4.78, 5) is 15.4. The Morgan fingerprint density at radius 3 is 2.80 bits per heavy atom. The summed E-state index contributed by atoms with van der Waals surface area (Å²) >= 11 is 0. The van der Waals surface area contributed by atoms with Gasteiger partial charge in [0, 0.05) is 11.8 Å². The van der Waals surface area contributed by atoms with Crippen LogP contribution in [0.15, 0.2) is 4.52 Å². The molecule has 8 nitrogen and oxygen atoms in total. The van der Waals surface area contributed by atoms with Crippen molar-refractivity contribution in [3.8, 4) is 0 Å². The van der Waals surface area contributed by atoms with E-state index in [0.29, 0.717) is 17.4 Å². The minimum absolute atomic E-state index is 0.0242. The first-order valence-corrected chi connectivity index (χ1v) is 6.55. The molecule has 1 aliphatic carbocycles. The molecule has 1 saturated carbocycles. The number of hydrogen-bond donors (Lipinski definition) is 1. The molecule has 0 amide bonds. The van der Waals surface area contributed by atoms with Crippen LogP contribution >= 0.6 is 0 Å². The molecule has 0 radical (unpaired) electrons. The fraction of sp³-hybridized carbons (Fsp3) is 0.583. The Bertz CT molecular complexity index is 641. The number of carboxylic acid groups (broad SMARTS) is 1. The standard InChI is InChI=1S/C12H15N5O3/c1-6(2)11-13-8(20-15-11)5-17-10(7-3-4-7)9(12(18)19)14-16-17/h6-7H,3-5H2,1-2H3,(H,18,19). The fourth-order valence-electron chi connectivity index (χ4n) is 2.05. The molecule has 0 spiro atoms. The van der Waals surface area contributed by atoms with Crippen molar-refractivity contribution in [1.29, 1.82) is 0 Å². The first kappa shape index (κ1) is 12.8. The average molecular weight is 277 g/mol. The smallest absolute Gasteiger partial charge is 0.358 e. The largest absolute Gasteiger partial charge is 0.476 e. The average Bonchev–Trinajstić information content (AvgIpc) is 2.97. The maximum atomic E-state index is 11.1. The normalized spacial score (nSPS) is 14.9. The van der Waals surface area contributed by atoms with Crippen LogP contribution in [0, 0.1) is 0 Å². The first-order valence-electron chi connectivity index (χ1n) is 6.55. The monoisotopic (exact) mass is 277 g/mol. The minimum Gasteiger partial charge on any atom is -0.476 e. The molecule has 3 rings (SSSR count). The number of nitrogens with zero attached hydrogens (tertiary/aromatic N) is 5.